The van der Waals surface area contributed by atoms with Crippen LogP contribution in [0, 0.1) is 5.92 Å². The highest BCUT2D eigenvalue weighted by Crippen LogP contribution is 2.18. The van der Waals surface area contributed by atoms with E-state index in [0.29, 0.717) is 6.42 Å². The van der Waals surface area contributed by atoms with Crippen molar-refractivity contribution in [2.75, 3.05) is 39.8 Å². The van der Waals surface area contributed by atoms with E-state index in [1.54, 1.807) is 0 Å². The minimum absolute atomic E-state index is 0.00670. The molecule has 1 atom stereocenters. The fraction of sp³-hybridized carbons (Fsp3) is 0.867. The molecule has 1 amide bonds. The van der Waals surface area contributed by atoms with Crippen molar-refractivity contribution in [3.63, 3.8) is 0 Å². The first-order valence-electron chi connectivity index (χ1n) is 7.70. The van der Waals surface area contributed by atoms with E-state index in [1.165, 1.54) is 7.11 Å². The number of carbonyl (C=O) groups excluding carboxylic acids is 2. The fourth-order valence-electron chi connectivity index (χ4n) is 2.81. The molecule has 1 aliphatic heterocycles. The largest absolute Gasteiger partial charge is 0.469 e. The molecule has 20 heavy (non-hydrogen) atoms. The average molecular weight is 284 g/mol. The molecule has 1 heterocycles. The van der Waals surface area contributed by atoms with E-state index in [0.717, 1.165) is 52.0 Å². The Kier molecular flexibility index (Phi) is 7.59. The molecule has 5 heteroatoms. The van der Waals surface area contributed by atoms with Gasteiger partial charge in [-0.3, -0.25) is 9.59 Å². The highest BCUT2D eigenvalue weighted by molar-refractivity contribution is 5.76. The summed E-state index contributed by atoms with van der Waals surface area (Å²) in [5.74, 6) is 0.137. The number of hydrogen-bond donors (Lipinski definition) is 0. The van der Waals surface area contributed by atoms with Crippen LogP contribution in [-0.4, -0.2) is 61.5 Å². The number of esters is 1. The average Bonchev–Trinajstić information content (AvgIpc) is 2.48. The molecule has 0 saturated carbocycles. The molecule has 0 aliphatic carbocycles. The standard InChI is InChI=1S/C15H28N2O3/c1-4-17(5-2)14(18)9-7-11-16-10-6-8-13(12-16)15(19)20-3/h13H,4-12H2,1-3H3/t13-/m0/s1. The van der Waals surface area contributed by atoms with Crippen LogP contribution in [-0.2, 0) is 14.3 Å². The Bertz CT molecular complexity index is 316. The third-order valence-electron chi connectivity index (χ3n) is 4.02. The van der Waals surface area contributed by atoms with Gasteiger partial charge in [0, 0.05) is 26.1 Å². The number of carbonyl (C=O) groups is 2. The summed E-state index contributed by atoms with van der Waals surface area (Å²) in [6, 6.07) is 0. The first-order chi connectivity index (χ1) is 9.62. The number of nitrogens with zero attached hydrogens (tertiary/aromatic N) is 2. The minimum Gasteiger partial charge on any atom is -0.469 e. The van der Waals surface area contributed by atoms with Crippen LogP contribution in [0.25, 0.3) is 0 Å². The van der Waals surface area contributed by atoms with Gasteiger partial charge in [-0.25, -0.2) is 0 Å². The van der Waals surface area contributed by atoms with Crippen molar-refractivity contribution in [2.24, 2.45) is 5.92 Å². The lowest BCUT2D eigenvalue weighted by Crippen LogP contribution is -2.40. The molecule has 1 saturated heterocycles. The number of ether oxygens (including phenoxy) is 1. The van der Waals surface area contributed by atoms with E-state index in [-0.39, 0.29) is 17.8 Å². The Hall–Kier alpha value is -1.10. The monoisotopic (exact) mass is 284 g/mol. The molecule has 0 aromatic heterocycles. The van der Waals surface area contributed by atoms with Gasteiger partial charge >= 0.3 is 5.97 Å². The zero-order valence-corrected chi connectivity index (χ0v) is 13.1. The second kappa shape index (κ2) is 8.95. The topological polar surface area (TPSA) is 49.9 Å². The third kappa shape index (κ3) is 5.12. The first kappa shape index (κ1) is 17.0. The van der Waals surface area contributed by atoms with Gasteiger partial charge in [0.25, 0.3) is 0 Å². The van der Waals surface area contributed by atoms with Gasteiger partial charge in [0.15, 0.2) is 0 Å². The second-order valence-corrected chi connectivity index (χ2v) is 5.33. The molecule has 0 N–H and O–H groups in total. The lowest BCUT2D eigenvalue weighted by atomic mass is 9.98. The summed E-state index contributed by atoms with van der Waals surface area (Å²) < 4.78 is 4.81. The number of piperidine rings is 1. The van der Waals surface area contributed by atoms with Crippen LogP contribution >= 0.6 is 0 Å². The highest BCUT2D eigenvalue weighted by Gasteiger charge is 2.26. The van der Waals surface area contributed by atoms with E-state index in [2.05, 4.69) is 4.90 Å². The Labute approximate surface area is 122 Å². The van der Waals surface area contributed by atoms with Crippen LogP contribution in [0.15, 0.2) is 0 Å². The summed E-state index contributed by atoms with van der Waals surface area (Å²) in [6.45, 7) is 8.26. The van der Waals surface area contributed by atoms with Crippen LogP contribution < -0.4 is 0 Å². The summed E-state index contributed by atoms with van der Waals surface area (Å²) in [7, 11) is 1.45. The molecule has 1 aliphatic rings. The van der Waals surface area contributed by atoms with Crippen molar-refractivity contribution in [3.05, 3.63) is 0 Å². The lowest BCUT2D eigenvalue weighted by molar-refractivity contribution is -0.147. The van der Waals surface area contributed by atoms with Gasteiger partial charge in [-0.05, 0) is 46.2 Å². The van der Waals surface area contributed by atoms with Crippen LogP contribution in [0.5, 0.6) is 0 Å². The highest BCUT2D eigenvalue weighted by atomic mass is 16.5. The summed E-state index contributed by atoms with van der Waals surface area (Å²) in [5.41, 5.74) is 0. The number of hydrogen-bond acceptors (Lipinski definition) is 4. The van der Waals surface area contributed by atoms with Crippen molar-refractivity contribution < 1.29 is 14.3 Å². The lowest BCUT2D eigenvalue weighted by Gasteiger charge is -2.31. The maximum atomic E-state index is 11.9. The van der Waals surface area contributed by atoms with E-state index in [9.17, 15) is 9.59 Å². The molecule has 0 aromatic rings. The Morgan fingerprint density at radius 2 is 2.00 bits per heavy atom. The Balaban J connectivity index is 2.28. The molecule has 1 fully saturated rings. The first-order valence-corrected chi connectivity index (χ1v) is 7.70. The molecule has 0 aromatic carbocycles. The number of rotatable bonds is 7. The number of likely N-dealkylation sites (tertiary alicyclic amines) is 1. The van der Waals surface area contributed by atoms with Crippen LogP contribution in [0.1, 0.15) is 39.5 Å². The van der Waals surface area contributed by atoms with E-state index in [4.69, 9.17) is 4.74 Å². The zero-order chi connectivity index (χ0) is 15.0. The van der Waals surface area contributed by atoms with Crippen molar-refractivity contribution in [2.45, 2.75) is 39.5 Å². The minimum atomic E-state index is -0.103. The van der Waals surface area contributed by atoms with Crippen molar-refractivity contribution in [1.82, 2.24) is 9.80 Å². The fourth-order valence-corrected chi connectivity index (χ4v) is 2.81. The van der Waals surface area contributed by atoms with E-state index < -0.39 is 0 Å². The van der Waals surface area contributed by atoms with Gasteiger partial charge in [-0.15, -0.1) is 0 Å². The molecule has 0 unspecified atom stereocenters. The van der Waals surface area contributed by atoms with Crippen LogP contribution in [0.4, 0.5) is 0 Å². The van der Waals surface area contributed by atoms with E-state index >= 15 is 0 Å². The van der Waals surface area contributed by atoms with Crippen molar-refractivity contribution in [1.29, 1.82) is 0 Å². The predicted octanol–water partition coefficient (Wildman–Crippen LogP) is 1.52. The van der Waals surface area contributed by atoms with Gasteiger partial charge in [-0.2, -0.15) is 0 Å². The van der Waals surface area contributed by atoms with Gasteiger partial charge in [-0.1, -0.05) is 0 Å². The molecule has 1 rings (SSSR count). The quantitative estimate of drug-likeness (QED) is 0.665. The summed E-state index contributed by atoms with van der Waals surface area (Å²) in [5, 5.41) is 0. The van der Waals surface area contributed by atoms with Crippen molar-refractivity contribution in [3.8, 4) is 0 Å². The maximum absolute atomic E-state index is 11.9. The van der Waals surface area contributed by atoms with Gasteiger partial charge in [0.05, 0.1) is 13.0 Å². The maximum Gasteiger partial charge on any atom is 0.309 e. The van der Waals surface area contributed by atoms with Gasteiger partial charge in [0.2, 0.25) is 5.91 Å². The van der Waals surface area contributed by atoms with Gasteiger partial charge in [0.1, 0.15) is 0 Å². The predicted molar refractivity (Wildman–Crippen MR) is 78.3 cm³/mol. The SMILES string of the molecule is CCN(CC)C(=O)CCCN1CCC[C@H](C(=O)OC)C1. The summed E-state index contributed by atoms with van der Waals surface area (Å²) in [4.78, 5) is 27.6. The molecule has 0 radical (unpaired) electrons. The van der Waals surface area contributed by atoms with E-state index in [1.807, 2.05) is 18.7 Å². The van der Waals surface area contributed by atoms with Crippen LogP contribution in [0.3, 0.4) is 0 Å². The summed E-state index contributed by atoms with van der Waals surface area (Å²) in [6.07, 6.45) is 3.41. The second-order valence-electron chi connectivity index (χ2n) is 5.33. The zero-order valence-electron chi connectivity index (χ0n) is 13.1. The number of methoxy groups -OCH3 is 1. The summed E-state index contributed by atoms with van der Waals surface area (Å²) >= 11 is 0. The van der Waals surface area contributed by atoms with Crippen LogP contribution in [0.2, 0.25) is 0 Å². The van der Waals surface area contributed by atoms with Gasteiger partial charge < -0.3 is 14.5 Å². The molecular weight excluding hydrogens is 256 g/mol. The normalized spacial score (nSPS) is 19.6. The molecule has 5 nitrogen and oxygen atoms in total. The Morgan fingerprint density at radius 3 is 2.60 bits per heavy atom. The Morgan fingerprint density at radius 1 is 1.30 bits per heavy atom. The number of amides is 1. The third-order valence-corrected chi connectivity index (χ3v) is 4.02. The molecular formula is C15H28N2O3. The molecule has 0 bridgehead atoms. The molecule has 116 valence electrons. The molecule has 0 spiro atoms. The van der Waals surface area contributed by atoms with Crippen molar-refractivity contribution >= 4 is 11.9 Å². The smallest absolute Gasteiger partial charge is 0.309 e.